The molecule has 1 amide bonds. The molecule has 0 saturated heterocycles. The molecule has 9 heteroatoms. The molecule has 0 unspecified atom stereocenters. The number of nitrogens with zero attached hydrogens (tertiary/aromatic N) is 1. The van der Waals surface area contributed by atoms with Crippen molar-refractivity contribution in [1.29, 1.82) is 0 Å². The number of methoxy groups -OCH3 is 1. The van der Waals surface area contributed by atoms with Crippen molar-refractivity contribution in [3.8, 4) is 17.2 Å². The molecule has 0 aliphatic rings. The number of halogens is 1. The second kappa shape index (κ2) is 12.0. The van der Waals surface area contributed by atoms with Gasteiger partial charge < -0.3 is 14.8 Å². The minimum absolute atomic E-state index is 0.0141. The van der Waals surface area contributed by atoms with Crippen LogP contribution in [0.5, 0.6) is 17.2 Å². The van der Waals surface area contributed by atoms with Crippen LogP contribution in [0.1, 0.15) is 11.1 Å². The summed E-state index contributed by atoms with van der Waals surface area (Å²) in [5.41, 5.74) is 1.72. The van der Waals surface area contributed by atoms with Crippen molar-refractivity contribution < 1.29 is 22.7 Å². The Morgan fingerprint density at radius 3 is 2.13 bits per heavy atom. The first kappa shape index (κ1) is 27.0. The average Bonchev–Trinajstić information content (AvgIpc) is 2.93. The van der Waals surface area contributed by atoms with Gasteiger partial charge in [0.15, 0.2) is 0 Å². The summed E-state index contributed by atoms with van der Waals surface area (Å²) in [6, 6.07) is 27.4. The van der Waals surface area contributed by atoms with Crippen LogP contribution in [-0.2, 0) is 21.4 Å². The Balaban J connectivity index is 1.57. The molecular formula is C29H27ClN2O5S. The molecule has 0 aliphatic heterocycles. The lowest BCUT2D eigenvalue weighted by Crippen LogP contribution is -2.41. The highest BCUT2D eigenvalue weighted by Crippen LogP contribution is 2.32. The lowest BCUT2D eigenvalue weighted by atomic mass is 10.2. The lowest BCUT2D eigenvalue weighted by molar-refractivity contribution is -0.119. The maximum atomic E-state index is 13.8. The number of para-hydroxylation sites is 1. The number of anilines is 1. The van der Waals surface area contributed by atoms with E-state index in [2.05, 4.69) is 5.32 Å². The van der Waals surface area contributed by atoms with Crippen LogP contribution in [-0.4, -0.2) is 28.0 Å². The summed E-state index contributed by atoms with van der Waals surface area (Å²) in [7, 11) is -2.55. The summed E-state index contributed by atoms with van der Waals surface area (Å²) in [5.74, 6) is 1.35. The van der Waals surface area contributed by atoms with Crippen molar-refractivity contribution in [2.24, 2.45) is 0 Å². The number of rotatable bonds is 10. The SMILES string of the molecule is COc1ccc(CNC(=O)CN(c2cccc(Cl)c2C)S(=O)(=O)c2ccc(Oc3ccccc3)cc2)cc1. The molecule has 4 aromatic rings. The van der Waals surface area contributed by atoms with E-state index < -0.39 is 22.5 Å². The third-order valence-corrected chi connectivity index (χ3v) is 8.02. The van der Waals surface area contributed by atoms with Gasteiger partial charge in [0.25, 0.3) is 10.0 Å². The standard InChI is InChI=1S/C29H27ClN2O5S/c1-21-27(30)9-6-10-28(21)32(20-29(33)31-19-22-11-13-23(36-2)14-12-22)38(34,35)26-17-15-25(16-18-26)37-24-7-4-3-5-8-24/h3-18H,19-20H2,1-2H3,(H,31,33). The van der Waals surface area contributed by atoms with Gasteiger partial charge >= 0.3 is 0 Å². The van der Waals surface area contributed by atoms with E-state index in [1.165, 1.54) is 12.1 Å². The van der Waals surface area contributed by atoms with Crippen LogP contribution in [0, 0.1) is 6.92 Å². The highest BCUT2D eigenvalue weighted by molar-refractivity contribution is 7.92. The van der Waals surface area contributed by atoms with Gasteiger partial charge in [-0.25, -0.2) is 8.42 Å². The third-order valence-electron chi connectivity index (χ3n) is 5.83. The monoisotopic (exact) mass is 550 g/mol. The second-order valence-corrected chi connectivity index (χ2v) is 10.7. The van der Waals surface area contributed by atoms with Crippen molar-refractivity contribution in [2.75, 3.05) is 18.0 Å². The van der Waals surface area contributed by atoms with Gasteiger partial charge in [0.05, 0.1) is 17.7 Å². The van der Waals surface area contributed by atoms with Gasteiger partial charge in [-0.1, -0.05) is 48.0 Å². The van der Waals surface area contributed by atoms with Gasteiger partial charge in [0.1, 0.15) is 23.8 Å². The molecule has 0 aliphatic carbocycles. The maximum absolute atomic E-state index is 13.8. The first-order chi connectivity index (χ1) is 18.3. The minimum atomic E-state index is -4.13. The van der Waals surface area contributed by atoms with Gasteiger partial charge in [-0.2, -0.15) is 0 Å². The molecule has 0 aromatic heterocycles. The Morgan fingerprint density at radius 2 is 1.47 bits per heavy atom. The summed E-state index contributed by atoms with van der Waals surface area (Å²) in [5, 5.41) is 3.19. The van der Waals surface area contributed by atoms with E-state index in [0.29, 0.717) is 33.5 Å². The molecule has 0 fully saturated rings. The van der Waals surface area contributed by atoms with E-state index in [-0.39, 0.29) is 11.4 Å². The summed E-state index contributed by atoms with van der Waals surface area (Å²) in [6.07, 6.45) is 0. The Labute approximate surface area is 227 Å². The first-order valence-electron chi connectivity index (χ1n) is 11.8. The molecule has 0 radical (unpaired) electrons. The van der Waals surface area contributed by atoms with Crippen molar-refractivity contribution >= 4 is 33.2 Å². The van der Waals surface area contributed by atoms with Gasteiger partial charge in [0, 0.05) is 11.6 Å². The number of amides is 1. The van der Waals surface area contributed by atoms with Crippen LogP contribution < -0.4 is 19.1 Å². The van der Waals surface area contributed by atoms with E-state index in [9.17, 15) is 13.2 Å². The minimum Gasteiger partial charge on any atom is -0.497 e. The molecule has 0 bridgehead atoms. The van der Waals surface area contributed by atoms with Crippen LogP contribution in [0.3, 0.4) is 0 Å². The molecule has 4 rings (SSSR count). The quantitative estimate of drug-likeness (QED) is 0.263. The summed E-state index contributed by atoms with van der Waals surface area (Å²) in [4.78, 5) is 13.0. The second-order valence-electron chi connectivity index (χ2n) is 8.41. The van der Waals surface area contributed by atoms with E-state index in [0.717, 1.165) is 9.87 Å². The fraction of sp³-hybridized carbons (Fsp3) is 0.138. The molecule has 0 heterocycles. The van der Waals surface area contributed by atoms with Crippen molar-refractivity contribution in [2.45, 2.75) is 18.4 Å². The van der Waals surface area contributed by atoms with Gasteiger partial charge in [0.2, 0.25) is 5.91 Å². The van der Waals surface area contributed by atoms with Crippen molar-refractivity contribution in [3.05, 3.63) is 113 Å². The van der Waals surface area contributed by atoms with Crippen LogP contribution in [0.2, 0.25) is 5.02 Å². The fourth-order valence-corrected chi connectivity index (χ4v) is 5.38. The molecule has 196 valence electrons. The van der Waals surface area contributed by atoms with Crippen LogP contribution in [0.4, 0.5) is 5.69 Å². The lowest BCUT2D eigenvalue weighted by Gasteiger charge is -2.26. The fourth-order valence-electron chi connectivity index (χ4n) is 3.73. The zero-order valence-corrected chi connectivity index (χ0v) is 22.5. The number of hydrogen-bond donors (Lipinski definition) is 1. The maximum Gasteiger partial charge on any atom is 0.264 e. The van der Waals surface area contributed by atoms with Crippen molar-refractivity contribution in [3.63, 3.8) is 0 Å². The largest absolute Gasteiger partial charge is 0.497 e. The van der Waals surface area contributed by atoms with Crippen molar-refractivity contribution in [1.82, 2.24) is 5.32 Å². The number of ether oxygens (including phenoxy) is 2. The predicted molar refractivity (Wildman–Crippen MR) is 149 cm³/mol. The zero-order chi connectivity index (χ0) is 27.1. The number of hydrogen-bond acceptors (Lipinski definition) is 5. The van der Waals surface area contributed by atoms with Gasteiger partial charge in [-0.15, -0.1) is 0 Å². The average molecular weight is 551 g/mol. The zero-order valence-electron chi connectivity index (χ0n) is 20.9. The molecule has 0 spiro atoms. The highest BCUT2D eigenvalue weighted by atomic mass is 35.5. The number of sulfonamides is 1. The Bertz CT molecular complexity index is 1490. The molecule has 4 aromatic carbocycles. The Morgan fingerprint density at radius 1 is 0.842 bits per heavy atom. The molecule has 0 saturated carbocycles. The molecule has 7 nitrogen and oxygen atoms in total. The van der Waals surface area contributed by atoms with Crippen LogP contribution >= 0.6 is 11.6 Å². The smallest absolute Gasteiger partial charge is 0.264 e. The summed E-state index contributed by atoms with van der Waals surface area (Å²) >= 11 is 6.31. The highest BCUT2D eigenvalue weighted by Gasteiger charge is 2.29. The number of carbonyl (C=O) groups excluding carboxylic acids is 1. The molecule has 38 heavy (non-hydrogen) atoms. The van der Waals surface area contributed by atoms with E-state index in [4.69, 9.17) is 21.1 Å². The summed E-state index contributed by atoms with van der Waals surface area (Å²) in [6.45, 7) is 1.52. The van der Waals surface area contributed by atoms with Crippen LogP contribution in [0.25, 0.3) is 0 Å². The number of benzene rings is 4. The number of nitrogens with one attached hydrogen (secondary N) is 1. The molecular weight excluding hydrogens is 524 g/mol. The summed E-state index contributed by atoms with van der Waals surface area (Å²) < 4.78 is 39.6. The normalized spacial score (nSPS) is 11.0. The molecule has 1 N–H and O–H groups in total. The molecule has 0 atom stereocenters. The van der Waals surface area contributed by atoms with E-state index >= 15 is 0 Å². The van der Waals surface area contributed by atoms with Crippen LogP contribution in [0.15, 0.2) is 102 Å². The van der Waals surface area contributed by atoms with E-state index in [1.54, 1.807) is 68.6 Å². The topological polar surface area (TPSA) is 84.9 Å². The van der Waals surface area contributed by atoms with Gasteiger partial charge in [-0.3, -0.25) is 9.10 Å². The Kier molecular flexibility index (Phi) is 8.55. The number of carbonyl (C=O) groups is 1. The first-order valence-corrected chi connectivity index (χ1v) is 13.6. The van der Waals surface area contributed by atoms with E-state index in [1.807, 2.05) is 30.3 Å². The Hall–Kier alpha value is -4.01. The third kappa shape index (κ3) is 6.45. The van der Waals surface area contributed by atoms with Gasteiger partial charge in [-0.05, 0) is 78.7 Å². The predicted octanol–water partition coefficient (Wildman–Crippen LogP) is 5.96.